The Balaban J connectivity index is 2.01. The summed E-state index contributed by atoms with van der Waals surface area (Å²) in [5.74, 6) is 2.91. The lowest BCUT2D eigenvalue weighted by Crippen LogP contribution is -2.37. The van der Waals surface area contributed by atoms with Gasteiger partial charge in [0.2, 0.25) is 0 Å². The topological polar surface area (TPSA) is 29.5 Å². The van der Waals surface area contributed by atoms with E-state index in [9.17, 15) is 5.11 Å². The number of hydrogen-bond acceptors (Lipinski definition) is 3. The molecule has 0 amide bonds. The lowest BCUT2D eigenvalue weighted by atomic mass is 9.91. The molecule has 16 heavy (non-hydrogen) atoms. The third-order valence-electron chi connectivity index (χ3n) is 2.99. The highest BCUT2D eigenvalue weighted by atomic mass is 32.2. The predicted octanol–water partition coefficient (Wildman–Crippen LogP) is 2.50. The monoisotopic (exact) mass is 238 g/mol. The number of benzene rings is 1. The van der Waals surface area contributed by atoms with E-state index in [-0.39, 0.29) is 0 Å². The number of hydrogen-bond donors (Lipinski definition) is 1. The first kappa shape index (κ1) is 11.8. The molecule has 1 fully saturated rings. The van der Waals surface area contributed by atoms with Gasteiger partial charge in [-0.1, -0.05) is 12.1 Å². The Hall–Kier alpha value is -0.670. The van der Waals surface area contributed by atoms with Crippen LogP contribution in [0.5, 0.6) is 5.75 Å². The van der Waals surface area contributed by atoms with E-state index in [1.807, 2.05) is 36.0 Å². The van der Waals surface area contributed by atoms with Crippen LogP contribution in [0.25, 0.3) is 0 Å². The van der Waals surface area contributed by atoms with E-state index in [2.05, 4.69) is 0 Å². The van der Waals surface area contributed by atoms with Gasteiger partial charge in [-0.15, -0.1) is 0 Å². The maximum absolute atomic E-state index is 10.4. The molecule has 1 aliphatic rings. The molecule has 0 radical (unpaired) electrons. The largest absolute Gasteiger partial charge is 0.497 e. The number of rotatable bonds is 3. The van der Waals surface area contributed by atoms with Gasteiger partial charge in [0.1, 0.15) is 5.75 Å². The Kier molecular flexibility index (Phi) is 3.77. The fraction of sp³-hybridized carbons (Fsp3) is 0.538. The van der Waals surface area contributed by atoms with Crippen molar-refractivity contribution in [2.75, 3.05) is 18.6 Å². The molecule has 1 aromatic rings. The van der Waals surface area contributed by atoms with Crippen molar-refractivity contribution in [3.8, 4) is 5.75 Å². The highest BCUT2D eigenvalue weighted by Crippen LogP contribution is 2.30. The lowest BCUT2D eigenvalue weighted by molar-refractivity contribution is 0.0530. The molecule has 1 saturated heterocycles. The molecule has 1 N–H and O–H groups in total. The number of ether oxygens (including phenoxy) is 1. The zero-order valence-electron chi connectivity index (χ0n) is 9.61. The lowest BCUT2D eigenvalue weighted by Gasteiger charge is -2.31. The van der Waals surface area contributed by atoms with Crippen LogP contribution in [0.1, 0.15) is 18.4 Å². The van der Waals surface area contributed by atoms with Crippen LogP contribution in [0.3, 0.4) is 0 Å². The standard InChI is InChI=1S/C13H18O2S/c1-15-12-5-3-11(4-6-12)9-13(14)7-2-8-16-10-13/h3-6,14H,2,7-10H2,1H3. The van der Waals surface area contributed by atoms with Crippen molar-refractivity contribution >= 4 is 11.8 Å². The van der Waals surface area contributed by atoms with Gasteiger partial charge in [0, 0.05) is 12.2 Å². The summed E-state index contributed by atoms with van der Waals surface area (Å²) in [7, 11) is 1.67. The van der Waals surface area contributed by atoms with Crippen LogP contribution < -0.4 is 4.74 Å². The second-order valence-corrected chi connectivity index (χ2v) is 5.51. The van der Waals surface area contributed by atoms with Gasteiger partial charge in [0.25, 0.3) is 0 Å². The average molecular weight is 238 g/mol. The summed E-state index contributed by atoms with van der Waals surface area (Å²) in [6, 6.07) is 7.98. The summed E-state index contributed by atoms with van der Waals surface area (Å²) in [5, 5.41) is 10.4. The summed E-state index contributed by atoms with van der Waals surface area (Å²) in [6.45, 7) is 0. The quantitative estimate of drug-likeness (QED) is 0.877. The predicted molar refractivity (Wildman–Crippen MR) is 68.2 cm³/mol. The Morgan fingerprint density at radius 3 is 2.69 bits per heavy atom. The first-order chi connectivity index (χ1) is 7.72. The van der Waals surface area contributed by atoms with Gasteiger partial charge < -0.3 is 9.84 Å². The van der Waals surface area contributed by atoms with Crippen molar-refractivity contribution in [3.05, 3.63) is 29.8 Å². The maximum atomic E-state index is 10.4. The molecule has 88 valence electrons. The SMILES string of the molecule is COc1ccc(CC2(O)CCCSC2)cc1. The minimum absolute atomic E-state index is 0.502. The summed E-state index contributed by atoms with van der Waals surface area (Å²) < 4.78 is 5.12. The van der Waals surface area contributed by atoms with Crippen LogP contribution in [-0.4, -0.2) is 29.3 Å². The minimum Gasteiger partial charge on any atom is -0.497 e. The second kappa shape index (κ2) is 5.11. The molecule has 1 atom stereocenters. The van der Waals surface area contributed by atoms with E-state index < -0.39 is 5.60 Å². The molecule has 3 heteroatoms. The summed E-state index contributed by atoms with van der Waals surface area (Å²) >= 11 is 1.85. The summed E-state index contributed by atoms with van der Waals surface area (Å²) in [4.78, 5) is 0. The number of thioether (sulfide) groups is 1. The maximum Gasteiger partial charge on any atom is 0.118 e. The van der Waals surface area contributed by atoms with Crippen molar-refractivity contribution < 1.29 is 9.84 Å². The average Bonchev–Trinajstić information content (AvgIpc) is 2.30. The molecule has 0 aliphatic carbocycles. The first-order valence-corrected chi connectivity index (χ1v) is 6.80. The zero-order chi connectivity index (χ0) is 11.4. The van der Waals surface area contributed by atoms with E-state index in [1.54, 1.807) is 7.11 Å². The molecule has 1 heterocycles. The molecule has 1 aliphatic heterocycles. The molecule has 2 rings (SSSR count). The van der Waals surface area contributed by atoms with Crippen LogP contribution in [0.2, 0.25) is 0 Å². The Morgan fingerprint density at radius 1 is 1.38 bits per heavy atom. The van der Waals surface area contributed by atoms with Crippen molar-refractivity contribution in [1.29, 1.82) is 0 Å². The van der Waals surface area contributed by atoms with Gasteiger partial charge in [0.05, 0.1) is 12.7 Å². The molecule has 0 saturated carbocycles. The van der Waals surface area contributed by atoms with Crippen LogP contribution in [-0.2, 0) is 6.42 Å². The summed E-state index contributed by atoms with van der Waals surface area (Å²) in [6.07, 6.45) is 2.80. The third-order valence-corrected chi connectivity index (χ3v) is 4.31. The fourth-order valence-electron chi connectivity index (χ4n) is 2.10. The summed E-state index contributed by atoms with van der Waals surface area (Å²) in [5.41, 5.74) is 0.683. The van der Waals surface area contributed by atoms with Crippen LogP contribution in [0.4, 0.5) is 0 Å². The molecule has 1 unspecified atom stereocenters. The third kappa shape index (κ3) is 2.92. The molecular formula is C13H18O2S. The van der Waals surface area contributed by atoms with Gasteiger partial charge in [-0.05, 0) is 36.3 Å². The van der Waals surface area contributed by atoms with Crippen LogP contribution >= 0.6 is 11.8 Å². The van der Waals surface area contributed by atoms with Crippen LogP contribution in [0.15, 0.2) is 24.3 Å². The van der Waals surface area contributed by atoms with Crippen molar-refractivity contribution in [3.63, 3.8) is 0 Å². The van der Waals surface area contributed by atoms with Crippen molar-refractivity contribution in [1.82, 2.24) is 0 Å². The Morgan fingerprint density at radius 2 is 2.12 bits per heavy atom. The van der Waals surface area contributed by atoms with E-state index >= 15 is 0 Å². The van der Waals surface area contributed by atoms with Gasteiger partial charge in [-0.3, -0.25) is 0 Å². The van der Waals surface area contributed by atoms with E-state index in [1.165, 1.54) is 11.3 Å². The molecule has 0 spiro atoms. The molecular weight excluding hydrogens is 220 g/mol. The highest BCUT2D eigenvalue weighted by molar-refractivity contribution is 7.99. The van der Waals surface area contributed by atoms with Gasteiger partial charge in [-0.2, -0.15) is 11.8 Å². The Bertz CT molecular complexity index is 328. The minimum atomic E-state index is -0.502. The second-order valence-electron chi connectivity index (χ2n) is 4.41. The van der Waals surface area contributed by atoms with E-state index in [4.69, 9.17) is 4.74 Å². The molecule has 1 aromatic carbocycles. The van der Waals surface area contributed by atoms with Crippen molar-refractivity contribution in [2.24, 2.45) is 0 Å². The van der Waals surface area contributed by atoms with Crippen molar-refractivity contribution in [2.45, 2.75) is 24.9 Å². The molecule has 0 aromatic heterocycles. The van der Waals surface area contributed by atoms with Gasteiger partial charge in [0.15, 0.2) is 0 Å². The molecule has 2 nitrogen and oxygen atoms in total. The zero-order valence-corrected chi connectivity index (χ0v) is 10.4. The van der Waals surface area contributed by atoms with Crippen LogP contribution in [0, 0.1) is 0 Å². The first-order valence-electron chi connectivity index (χ1n) is 5.65. The van der Waals surface area contributed by atoms with E-state index in [0.29, 0.717) is 0 Å². The smallest absolute Gasteiger partial charge is 0.118 e. The Labute approximate surface area is 101 Å². The van der Waals surface area contributed by atoms with E-state index in [0.717, 1.165) is 30.8 Å². The normalized spacial score (nSPS) is 25.4. The highest BCUT2D eigenvalue weighted by Gasteiger charge is 2.29. The van der Waals surface area contributed by atoms with Gasteiger partial charge >= 0.3 is 0 Å². The molecule has 0 bridgehead atoms. The number of aliphatic hydroxyl groups is 1. The van der Waals surface area contributed by atoms with Gasteiger partial charge in [-0.25, -0.2) is 0 Å². The number of methoxy groups -OCH3 is 1. The fourth-order valence-corrected chi connectivity index (χ4v) is 3.22.